The Morgan fingerprint density at radius 1 is 1.40 bits per heavy atom. The van der Waals surface area contributed by atoms with Crippen molar-refractivity contribution in [2.24, 2.45) is 5.92 Å². The minimum Gasteiger partial charge on any atom is -0.312 e. The smallest absolute Gasteiger partial charge is 0.149 e. The quantitative estimate of drug-likeness (QED) is 0.911. The van der Waals surface area contributed by atoms with E-state index in [-0.39, 0.29) is 5.82 Å². The predicted molar refractivity (Wildman–Crippen MR) is 79.8 cm³/mol. The monoisotopic (exact) mass is 295 g/mol. The zero-order valence-electron chi connectivity index (χ0n) is 12.0. The highest BCUT2D eigenvalue weighted by atomic mass is 35.5. The molecular weight excluding hydrogens is 277 g/mol. The van der Waals surface area contributed by atoms with E-state index < -0.39 is 0 Å². The molecule has 108 valence electrons. The number of aryl methyl sites for hydroxylation is 1. The van der Waals surface area contributed by atoms with E-state index in [1.54, 1.807) is 19.2 Å². The Kier molecular flexibility index (Phi) is 4.78. The van der Waals surface area contributed by atoms with Gasteiger partial charge in [-0.25, -0.2) is 9.07 Å². The van der Waals surface area contributed by atoms with Gasteiger partial charge in [0.1, 0.15) is 11.5 Å². The lowest BCUT2D eigenvalue weighted by molar-refractivity contribution is 0.547. The van der Waals surface area contributed by atoms with Crippen LogP contribution >= 0.6 is 11.6 Å². The molecule has 20 heavy (non-hydrogen) atoms. The van der Waals surface area contributed by atoms with Crippen LogP contribution in [0.3, 0.4) is 0 Å². The summed E-state index contributed by atoms with van der Waals surface area (Å²) in [4.78, 5) is 0. The van der Waals surface area contributed by atoms with Gasteiger partial charge in [-0.2, -0.15) is 5.10 Å². The van der Waals surface area contributed by atoms with E-state index >= 15 is 0 Å². The fourth-order valence-corrected chi connectivity index (χ4v) is 2.14. The molecule has 1 aromatic carbocycles. The third-order valence-corrected chi connectivity index (χ3v) is 3.38. The molecule has 3 nitrogen and oxygen atoms in total. The number of nitrogens with zero attached hydrogens (tertiary/aromatic N) is 2. The second-order valence-electron chi connectivity index (χ2n) is 5.28. The molecule has 0 bridgehead atoms. The summed E-state index contributed by atoms with van der Waals surface area (Å²) < 4.78 is 15.6. The Hall–Kier alpha value is -1.39. The number of para-hydroxylation sites is 1. The summed E-state index contributed by atoms with van der Waals surface area (Å²) in [6.07, 6.45) is 1.64. The first-order valence-corrected chi connectivity index (χ1v) is 7.07. The van der Waals surface area contributed by atoms with Crippen molar-refractivity contribution in [3.05, 3.63) is 46.5 Å². The number of aromatic nitrogens is 2. The summed E-state index contributed by atoms with van der Waals surface area (Å²) in [7, 11) is 0. The molecule has 1 N–H and O–H groups in total. The average Bonchev–Trinajstić information content (AvgIpc) is 2.69. The van der Waals surface area contributed by atoms with Crippen molar-refractivity contribution in [2.75, 3.05) is 6.54 Å². The summed E-state index contributed by atoms with van der Waals surface area (Å²) in [6, 6.07) is 5.05. The molecule has 0 amide bonds. The Morgan fingerprint density at radius 2 is 2.15 bits per heavy atom. The van der Waals surface area contributed by atoms with Gasteiger partial charge in [0.05, 0.1) is 10.7 Å². The minimum absolute atomic E-state index is 0.298. The predicted octanol–water partition coefficient (Wildman–Crippen LogP) is 3.72. The number of hydrogen-bond donors (Lipinski definition) is 1. The molecule has 1 heterocycles. The normalized spacial score (nSPS) is 11.3. The summed E-state index contributed by atoms with van der Waals surface area (Å²) in [5.41, 5.74) is 2.01. The largest absolute Gasteiger partial charge is 0.312 e. The van der Waals surface area contributed by atoms with Gasteiger partial charge < -0.3 is 5.32 Å². The summed E-state index contributed by atoms with van der Waals surface area (Å²) in [6.45, 7) is 7.55. The van der Waals surface area contributed by atoms with E-state index in [1.165, 1.54) is 10.7 Å². The van der Waals surface area contributed by atoms with Crippen LogP contribution < -0.4 is 5.32 Å². The molecule has 0 saturated heterocycles. The van der Waals surface area contributed by atoms with Crippen LogP contribution in [0.5, 0.6) is 0 Å². The highest BCUT2D eigenvalue weighted by Crippen LogP contribution is 2.22. The molecule has 5 heteroatoms. The second-order valence-corrected chi connectivity index (χ2v) is 5.69. The van der Waals surface area contributed by atoms with Crippen molar-refractivity contribution in [3.8, 4) is 5.69 Å². The van der Waals surface area contributed by atoms with Crippen molar-refractivity contribution in [3.63, 3.8) is 0 Å². The van der Waals surface area contributed by atoms with Gasteiger partial charge in [-0.3, -0.25) is 0 Å². The first kappa shape index (κ1) is 15.0. The Bertz CT molecular complexity index is 573. The summed E-state index contributed by atoms with van der Waals surface area (Å²) in [5.74, 6) is 0.251. The standard InChI is InChI=1S/C15H19ClFN3/c1-10(2)7-18-8-12-5-4-6-14(17)15(12)20-9-13(16)11(3)19-20/h4-6,9-10,18H,7-8H2,1-3H3. The molecule has 0 saturated carbocycles. The Balaban J connectivity index is 2.31. The molecule has 1 aromatic heterocycles. The number of nitrogens with one attached hydrogen (secondary N) is 1. The maximum atomic E-state index is 14.1. The lowest BCUT2D eigenvalue weighted by atomic mass is 10.1. The maximum absolute atomic E-state index is 14.1. The van der Waals surface area contributed by atoms with Crippen LogP contribution in [0.1, 0.15) is 25.1 Å². The molecule has 0 aliphatic heterocycles. The van der Waals surface area contributed by atoms with Gasteiger partial charge in [0.15, 0.2) is 0 Å². The third-order valence-electron chi connectivity index (χ3n) is 3.01. The molecule has 0 unspecified atom stereocenters. The lowest BCUT2D eigenvalue weighted by Gasteiger charge is -2.12. The van der Waals surface area contributed by atoms with Gasteiger partial charge >= 0.3 is 0 Å². The van der Waals surface area contributed by atoms with Crippen molar-refractivity contribution >= 4 is 11.6 Å². The average molecular weight is 296 g/mol. The van der Waals surface area contributed by atoms with E-state index in [1.807, 2.05) is 6.07 Å². The van der Waals surface area contributed by atoms with Crippen LogP contribution in [0, 0.1) is 18.7 Å². The fraction of sp³-hybridized carbons (Fsp3) is 0.400. The van der Waals surface area contributed by atoms with Gasteiger partial charge in [0.25, 0.3) is 0 Å². The van der Waals surface area contributed by atoms with Gasteiger partial charge in [0, 0.05) is 12.7 Å². The number of rotatable bonds is 5. The Morgan fingerprint density at radius 3 is 2.75 bits per heavy atom. The highest BCUT2D eigenvalue weighted by Gasteiger charge is 2.13. The summed E-state index contributed by atoms with van der Waals surface area (Å²) >= 11 is 6.01. The summed E-state index contributed by atoms with van der Waals surface area (Å²) in [5, 5.41) is 8.12. The van der Waals surface area contributed by atoms with Gasteiger partial charge in [-0.1, -0.05) is 37.6 Å². The molecule has 0 aliphatic rings. The van der Waals surface area contributed by atoms with Crippen LogP contribution in [0.25, 0.3) is 5.69 Å². The van der Waals surface area contributed by atoms with Gasteiger partial charge in [-0.05, 0) is 31.0 Å². The topological polar surface area (TPSA) is 29.9 Å². The SMILES string of the molecule is Cc1nn(-c2c(F)cccc2CNCC(C)C)cc1Cl. The van der Waals surface area contributed by atoms with Gasteiger partial charge in [0.2, 0.25) is 0 Å². The van der Waals surface area contributed by atoms with Crippen molar-refractivity contribution in [1.29, 1.82) is 0 Å². The second kappa shape index (κ2) is 6.37. The van der Waals surface area contributed by atoms with Crippen molar-refractivity contribution < 1.29 is 4.39 Å². The molecule has 2 aromatic rings. The first-order chi connectivity index (χ1) is 9.49. The van der Waals surface area contributed by atoms with E-state index in [4.69, 9.17) is 11.6 Å². The van der Waals surface area contributed by atoms with Gasteiger partial charge in [-0.15, -0.1) is 0 Å². The third kappa shape index (κ3) is 3.38. The highest BCUT2D eigenvalue weighted by molar-refractivity contribution is 6.31. The van der Waals surface area contributed by atoms with E-state index in [0.717, 1.165) is 12.1 Å². The molecule has 0 atom stereocenters. The van der Waals surface area contributed by atoms with Crippen molar-refractivity contribution in [1.82, 2.24) is 15.1 Å². The molecular formula is C15H19ClFN3. The van der Waals surface area contributed by atoms with E-state index in [0.29, 0.717) is 28.9 Å². The molecule has 2 rings (SSSR count). The lowest BCUT2D eigenvalue weighted by Crippen LogP contribution is -2.20. The first-order valence-electron chi connectivity index (χ1n) is 6.69. The molecule has 0 spiro atoms. The number of halogens is 2. The van der Waals surface area contributed by atoms with Crippen molar-refractivity contribution in [2.45, 2.75) is 27.3 Å². The maximum Gasteiger partial charge on any atom is 0.149 e. The Labute approximate surface area is 123 Å². The van der Waals surface area contributed by atoms with Crippen LogP contribution in [-0.4, -0.2) is 16.3 Å². The van der Waals surface area contributed by atoms with Crippen LogP contribution in [0.4, 0.5) is 4.39 Å². The van der Waals surface area contributed by atoms with E-state index in [9.17, 15) is 4.39 Å². The van der Waals surface area contributed by atoms with E-state index in [2.05, 4.69) is 24.3 Å². The fourth-order valence-electron chi connectivity index (χ4n) is 2.01. The number of hydrogen-bond acceptors (Lipinski definition) is 2. The van der Waals surface area contributed by atoms with Crippen LogP contribution in [0.2, 0.25) is 5.02 Å². The molecule has 0 fully saturated rings. The molecule has 0 aliphatic carbocycles. The zero-order chi connectivity index (χ0) is 14.7. The molecule has 0 radical (unpaired) electrons. The zero-order valence-corrected chi connectivity index (χ0v) is 12.7. The minimum atomic E-state index is -0.298. The van der Waals surface area contributed by atoms with Crippen LogP contribution in [0.15, 0.2) is 24.4 Å². The van der Waals surface area contributed by atoms with Crippen LogP contribution in [-0.2, 0) is 6.54 Å². The number of benzene rings is 1.